The van der Waals surface area contributed by atoms with E-state index in [1.165, 1.54) is 35.6 Å². The first-order valence-electron chi connectivity index (χ1n) is 6.58. The van der Waals surface area contributed by atoms with E-state index in [0.717, 1.165) is 10.4 Å². The van der Waals surface area contributed by atoms with Gasteiger partial charge in [-0.05, 0) is 36.2 Å². The van der Waals surface area contributed by atoms with Gasteiger partial charge in [0.2, 0.25) is 0 Å². The van der Waals surface area contributed by atoms with Crippen LogP contribution in [0.25, 0.3) is 0 Å². The second kappa shape index (κ2) is 5.86. The molecule has 2 N–H and O–H groups in total. The number of halogens is 1. The summed E-state index contributed by atoms with van der Waals surface area (Å²) in [7, 11) is 0. The molecule has 1 aliphatic heterocycles. The monoisotopic (exact) mass is 321 g/mol. The Balaban J connectivity index is 1.91. The molecule has 22 heavy (non-hydrogen) atoms. The highest BCUT2D eigenvalue weighted by molar-refractivity contribution is 7.17. The summed E-state index contributed by atoms with van der Waals surface area (Å²) in [6, 6.07) is 5.06. The van der Waals surface area contributed by atoms with Gasteiger partial charge in [0, 0.05) is 10.4 Å². The molecule has 3 rings (SSSR count). The molecule has 0 spiro atoms. The van der Waals surface area contributed by atoms with Gasteiger partial charge in [-0.3, -0.25) is 4.79 Å². The number of fused-ring (bicyclic) bond motifs is 1. The molecule has 0 unspecified atom stereocenters. The van der Waals surface area contributed by atoms with Crippen LogP contribution in [0.4, 0.5) is 9.39 Å². The van der Waals surface area contributed by atoms with Gasteiger partial charge in [-0.1, -0.05) is 0 Å². The van der Waals surface area contributed by atoms with E-state index in [0.29, 0.717) is 19.6 Å². The maximum atomic E-state index is 12.9. The number of carbonyl (C=O) groups excluding carboxylic acids is 1. The Labute approximate surface area is 129 Å². The van der Waals surface area contributed by atoms with Crippen molar-refractivity contribution in [3.63, 3.8) is 0 Å². The number of anilines is 1. The fourth-order valence-electron chi connectivity index (χ4n) is 2.32. The Morgan fingerprint density at radius 1 is 1.27 bits per heavy atom. The fourth-order valence-corrected chi connectivity index (χ4v) is 3.50. The topological polar surface area (TPSA) is 75.6 Å². The van der Waals surface area contributed by atoms with E-state index in [4.69, 9.17) is 4.74 Å². The Morgan fingerprint density at radius 3 is 2.68 bits per heavy atom. The Bertz CT molecular complexity index is 739. The van der Waals surface area contributed by atoms with Crippen molar-refractivity contribution >= 4 is 28.2 Å². The quantitative estimate of drug-likeness (QED) is 0.911. The zero-order chi connectivity index (χ0) is 15.7. The van der Waals surface area contributed by atoms with E-state index in [9.17, 15) is 19.1 Å². The molecule has 1 aromatic carbocycles. The van der Waals surface area contributed by atoms with Gasteiger partial charge in [-0.25, -0.2) is 9.18 Å². The van der Waals surface area contributed by atoms with E-state index >= 15 is 0 Å². The molecule has 5 nitrogen and oxygen atoms in total. The number of hydrogen-bond donors (Lipinski definition) is 2. The lowest BCUT2D eigenvalue weighted by molar-refractivity contribution is 0.0693. The van der Waals surface area contributed by atoms with Crippen molar-refractivity contribution in [2.75, 3.05) is 11.9 Å². The molecule has 0 fully saturated rings. The van der Waals surface area contributed by atoms with E-state index in [1.807, 2.05) is 0 Å². The number of nitrogens with one attached hydrogen (secondary N) is 1. The third kappa shape index (κ3) is 2.72. The van der Waals surface area contributed by atoms with Gasteiger partial charge in [0.15, 0.2) is 0 Å². The van der Waals surface area contributed by atoms with Crippen molar-refractivity contribution in [2.45, 2.75) is 13.0 Å². The van der Waals surface area contributed by atoms with Crippen LogP contribution in [-0.4, -0.2) is 23.6 Å². The zero-order valence-electron chi connectivity index (χ0n) is 11.4. The van der Waals surface area contributed by atoms with Crippen LogP contribution >= 0.6 is 11.3 Å². The first kappa shape index (κ1) is 14.7. The molecule has 1 aliphatic rings. The largest absolute Gasteiger partial charge is 0.478 e. The first-order valence-corrected chi connectivity index (χ1v) is 7.40. The highest BCUT2D eigenvalue weighted by Gasteiger charge is 2.26. The fraction of sp³-hybridized carbons (Fsp3) is 0.200. The number of thiophene rings is 1. The summed E-state index contributed by atoms with van der Waals surface area (Å²) >= 11 is 1.20. The molecule has 0 radical (unpaired) electrons. The minimum Gasteiger partial charge on any atom is -0.478 e. The second-order valence-corrected chi connectivity index (χ2v) is 5.88. The van der Waals surface area contributed by atoms with Crippen LogP contribution < -0.4 is 5.32 Å². The predicted molar refractivity (Wildman–Crippen MR) is 79.0 cm³/mol. The number of hydrogen-bond acceptors (Lipinski definition) is 4. The van der Waals surface area contributed by atoms with Crippen molar-refractivity contribution in [1.29, 1.82) is 0 Å². The van der Waals surface area contributed by atoms with Crippen molar-refractivity contribution < 1.29 is 23.8 Å². The Kier molecular flexibility index (Phi) is 3.91. The molecule has 114 valence electrons. The van der Waals surface area contributed by atoms with E-state index in [2.05, 4.69) is 5.32 Å². The maximum Gasteiger partial charge on any atom is 0.339 e. The number of rotatable bonds is 3. The lowest BCUT2D eigenvalue weighted by Crippen LogP contribution is -2.15. The van der Waals surface area contributed by atoms with Crippen molar-refractivity contribution in [2.24, 2.45) is 0 Å². The minimum atomic E-state index is -1.08. The Morgan fingerprint density at radius 2 is 2.00 bits per heavy atom. The highest BCUT2D eigenvalue weighted by atomic mass is 32.1. The molecule has 0 saturated carbocycles. The molecule has 2 heterocycles. The highest BCUT2D eigenvalue weighted by Crippen LogP contribution is 2.36. The number of ether oxygens (including phenoxy) is 1. The predicted octanol–water partition coefficient (Wildman–Crippen LogP) is 2.91. The van der Waals surface area contributed by atoms with Crippen LogP contribution in [0, 0.1) is 5.82 Å². The van der Waals surface area contributed by atoms with Crippen molar-refractivity contribution in [3.05, 3.63) is 51.7 Å². The summed E-state index contributed by atoms with van der Waals surface area (Å²) in [5, 5.41) is 12.3. The van der Waals surface area contributed by atoms with Gasteiger partial charge in [-0.15, -0.1) is 11.3 Å². The molecule has 0 bridgehead atoms. The molecular weight excluding hydrogens is 309 g/mol. The van der Waals surface area contributed by atoms with E-state index < -0.39 is 17.7 Å². The molecular formula is C15H12FNO4S. The number of carbonyl (C=O) groups is 2. The van der Waals surface area contributed by atoms with Crippen LogP contribution in [0.15, 0.2) is 24.3 Å². The van der Waals surface area contributed by atoms with Gasteiger partial charge in [0.05, 0.1) is 18.8 Å². The lowest BCUT2D eigenvalue weighted by atomic mass is 10.1. The number of carboxylic acid groups (broad SMARTS) is 1. The molecule has 1 amide bonds. The smallest absolute Gasteiger partial charge is 0.339 e. The maximum absolute atomic E-state index is 12.9. The average molecular weight is 321 g/mol. The van der Waals surface area contributed by atoms with Crippen LogP contribution in [0.5, 0.6) is 0 Å². The SMILES string of the molecule is O=C(Nc1sc2c(c1C(=O)O)CCOC2)c1ccc(F)cc1. The Hall–Kier alpha value is -2.25. The van der Waals surface area contributed by atoms with Gasteiger partial charge < -0.3 is 15.2 Å². The molecule has 1 aromatic heterocycles. The lowest BCUT2D eigenvalue weighted by Gasteiger charge is -2.12. The summed E-state index contributed by atoms with van der Waals surface area (Å²) in [4.78, 5) is 24.5. The molecule has 7 heteroatoms. The first-order chi connectivity index (χ1) is 10.6. The third-order valence-electron chi connectivity index (χ3n) is 3.37. The number of carboxylic acids is 1. The van der Waals surface area contributed by atoms with E-state index in [-0.39, 0.29) is 16.1 Å². The van der Waals surface area contributed by atoms with Gasteiger partial charge in [-0.2, -0.15) is 0 Å². The van der Waals surface area contributed by atoms with Gasteiger partial charge in [0.25, 0.3) is 5.91 Å². The van der Waals surface area contributed by atoms with Crippen LogP contribution in [0.3, 0.4) is 0 Å². The van der Waals surface area contributed by atoms with Gasteiger partial charge >= 0.3 is 5.97 Å². The summed E-state index contributed by atoms with van der Waals surface area (Å²) < 4.78 is 18.2. The third-order valence-corrected chi connectivity index (χ3v) is 4.49. The summed E-state index contributed by atoms with van der Waals surface area (Å²) in [5.41, 5.74) is 1.11. The second-order valence-electron chi connectivity index (χ2n) is 4.78. The summed E-state index contributed by atoms with van der Waals surface area (Å²) in [6.45, 7) is 0.821. The zero-order valence-corrected chi connectivity index (χ0v) is 12.2. The normalized spacial score (nSPS) is 13.5. The van der Waals surface area contributed by atoms with Crippen LogP contribution in [0.2, 0.25) is 0 Å². The average Bonchev–Trinajstić information content (AvgIpc) is 2.85. The van der Waals surface area contributed by atoms with Crippen LogP contribution in [0.1, 0.15) is 31.2 Å². The van der Waals surface area contributed by atoms with Crippen molar-refractivity contribution in [1.82, 2.24) is 0 Å². The molecule has 0 aliphatic carbocycles. The molecule has 2 aromatic rings. The van der Waals surface area contributed by atoms with E-state index in [1.54, 1.807) is 0 Å². The molecule has 0 saturated heterocycles. The van der Waals surface area contributed by atoms with Crippen molar-refractivity contribution in [3.8, 4) is 0 Å². The number of aromatic carboxylic acids is 1. The summed E-state index contributed by atoms with van der Waals surface area (Å²) in [6.07, 6.45) is 0.514. The number of benzene rings is 1. The van der Waals surface area contributed by atoms with Gasteiger partial charge in [0.1, 0.15) is 10.8 Å². The van der Waals surface area contributed by atoms with Crippen LogP contribution in [-0.2, 0) is 17.8 Å². The minimum absolute atomic E-state index is 0.124. The summed E-state index contributed by atoms with van der Waals surface area (Å²) in [5.74, 6) is -1.98. The number of amides is 1. The molecule has 0 atom stereocenters. The standard InChI is InChI=1S/C15H12FNO4S/c16-9-3-1-8(2-4-9)13(18)17-14-12(15(19)20)10-5-6-21-7-11(10)22-14/h1-4H,5-7H2,(H,17,18)(H,19,20).